The lowest BCUT2D eigenvalue weighted by atomic mass is 10.2. The number of anilines is 1. The predicted octanol–water partition coefficient (Wildman–Crippen LogP) is 0.396. The highest BCUT2D eigenvalue weighted by Crippen LogP contribution is 2.20. The molecular formula is C10H9FN2O3. The molecule has 0 aliphatic carbocycles. The van der Waals surface area contributed by atoms with Gasteiger partial charge in [0.05, 0.1) is 25.8 Å². The van der Waals surface area contributed by atoms with Crippen LogP contribution in [0.1, 0.15) is 10.4 Å². The largest absolute Gasteiger partial charge is 0.465 e. The minimum absolute atomic E-state index is 0.0400. The van der Waals surface area contributed by atoms with Crippen molar-refractivity contribution in [3.63, 3.8) is 0 Å². The van der Waals surface area contributed by atoms with Crippen LogP contribution in [0.25, 0.3) is 0 Å². The number of ketones is 1. The fraction of sp³-hybridized carbons (Fsp3) is 0.300. The molecule has 1 fully saturated rings. The van der Waals surface area contributed by atoms with Crippen LogP contribution in [0.5, 0.6) is 0 Å². The molecule has 1 aliphatic rings. The summed E-state index contributed by atoms with van der Waals surface area (Å²) in [5.41, 5.74) is 0.0515. The molecule has 0 bridgehead atoms. The summed E-state index contributed by atoms with van der Waals surface area (Å²) >= 11 is 0. The second-order valence-electron chi connectivity index (χ2n) is 3.42. The Kier molecular flexibility index (Phi) is 2.55. The summed E-state index contributed by atoms with van der Waals surface area (Å²) in [6.07, 6.45) is 1.23. The van der Waals surface area contributed by atoms with Crippen molar-refractivity contribution in [2.24, 2.45) is 0 Å². The number of carbonyl (C=O) groups excluding carboxylic acids is 2. The molecular weight excluding hydrogens is 215 g/mol. The number of rotatable bonds is 2. The van der Waals surface area contributed by atoms with Crippen LogP contribution in [0.4, 0.5) is 10.2 Å². The van der Waals surface area contributed by atoms with Gasteiger partial charge in [-0.2, -0.15) is 0 Å². The van der Waals surface area contributed by atoms with Gasteiger partial charge in [0.25, 0.3) is 0 Å². The van der Waals surface area contributed by atoms with E-state index in [0.717, 1.165) is 6.07 Å². The number of Topliss-reactive ketones (excluding diaryl/α,β-unsaturated/α-hetero) is 1. The van der Waals surface area contributed by atoms with Crippen LogP contribution in [-0.2, 0) is 9.53 Å². The highest BCUT2D eigenvalue weighted by molar-refractivity contribution is 5.95. The first-order valence-corrected chi connectivity index (χ1v) is 4.62. The van der Waals surface area contributed by atoms with Crippen molar-refractivity contribution in [3.8, 4) is 0 Å². The predicted molar refractivity (Wildman–Crippen MR) is 52.8 cm³/mol. The second kappa shape index (κ2) is 3.88. The normalized spacial score (nSPS) is 14.6. The molecule has 1 aromatic heterocycles. The molecule has 84 valence electrons. The van der Waals surface area contributed by atoms with E-state index in [9.17, 15) is 14.0 Å². The topological polar surface area (TPSA) is 59.5 Å². The number of halogens is 1. The number of hydrogen-bond donors (Lipinski definition) is 0. The average molecular weight is 224 g/mol. The molecule has 0 saturated carbocycles. The van der Waals surface area contributed by atoms with E-state index < -0.39 is 11.8 Å². The quantitative estimate of drug-likeness (QED) is 0.680. The molecule has 0 radical (unpaired) electrons. The number of aromatic nitrogens is 1. The van der Waals surface area contributed by atoms with Crippen LogP contribution in [0.2, 0.25) is 0 Å². The maximum Gasteiger partial charge on any atom is 0.339 e. The summed E-state index contributed by atoms with van der Waals surface area (Å²) in [5.74, 6) is -1.14. The molecule has 6 heteroatoms. The summed E-state index contributed by atoms with van der Waals surface area (Å²) < 4.78 is 18.0. The molecule has 0 amide bonds. The van der Waals surface area contributed by atoms with Crippen molar-refractivity contribution in [1.82, 2.24) is 4.98 Å². The van der Waals surface area contributed by atoms with Crippen molar-refractivity contribution in [2.75, 3.05) is 25.1 Å². The van der Waals surface area contributed by atoms with Gasteiger partial charge in [-0.3, -0.25) is 4.79 Å². The first-order chi connectivity index (χ1) is 7.61. The third kappa shape index (κ3) is 1.73. The average Bonchev–Trinajstić information content (AvgIpc) is 2.24. The minimum atomic E-state index is -0.641. The molecule has 5 nitrogen and oxygen atoms in total. The van der Waals surface area contributed by atoms with Crippen LogP contribution >= 0.6 is 0 Å². The van der Waals surface area contributed by atoms with Crippen LogP contribution in [0.15, 0.2) is 12.3 Å². The van der Waals surface area contributed by atoms with E-state index in [1.54, 1.807) is 0 Å². The van der Waals surface area contributed by atoms with Gasteiger partial charge in [-0.05, 0) is 6.07 Å². The summed E-state index contributed by atoms with van der Waals surface area (Å²) in [6.45, 7) is 0.336. The Morgan fingerprint density at radius 3 is 2.75 bits per heavy atom. The zero-order valence-corrected chi connectivity index (χ0v) is 8.57. The van der Waals surface area contributed by atoms with Crippen LogP contribution in [0, 0.1) is 5.82 Å². The van der Waals surface area contributed by atoms with E-state index in [1.165, 1.54) is 18.2 Å². The summed E-state index contributed by atoms with van der Waals surface area (Å²) in [5, 5.41) is 0. The Morgan fingerprint density at radius 2 is 2.25 bits per heavy atom. The summed E-state index contributed by atoms with van der Waals surface area (Å²) in [4.78, 5) is 27.1. The molecule has 0 unspecified atom stereocenters. The van der Waals surface area contributed by atoms with E-state index in [0.29, 0.717) is 0 Å². The van der Waals surface area contributed by atoms with Gasteiger partial charge < -0.3 is 9.64 Å². The van der Waals surface area contributed by atoms with Crippen molar-refractivity contribution < 1.29 is 18.7 Å². The van der Waals surface area contributed by atoms with Crippen LogP contribution < -0.4 is 4.90 Å². The summed E-state index contributed by atoms with van der Waals surface area (Å²) in [6, 6.07) is 1.05. The maximum atomic E-state index is 13.5. The van der Waals surface area contributed by atoms with E-state index >= 15 is 0 Å². The number of pyridine rings is 1. The number of hydrogen-bond acceptors (Lipinski definition) is 5. The third-order valence-corrected chi connectivity index (χ3v) is 2.28. The summed E-state index contributed by atoms with van der Waals surface area (Å²) in [7, 11) is 1.21. The highest BCUT2D eigenvalue weighted by atomic mass is 19.1. The number of methoxy groups -OCH3 is 1. The maximum absolute atomic E-state index is 13.5. The Morgan fingerprint density at radius 1 is 1.56 bits per heavy atom. The number of carbonyl (C=O) groups is 2. The highest BCUT2D eigenvalue weighted by Gasteiger charge is 2.27. The zero-order valence-electron chi connectivity index (χ0n) is 8.57. The van der Waals surface area contributed by atoms with Crippen LogP contribution in [0.3, 0.4) is 0 Å². The van der Waals surface area contributed by atoms with Gasteiger partial charge in [-0.15, -0.1) is 0 Å². The Bertz CT molecular complexity index is 453. The standard InChI is InChI=1S/C10H9FN2O3/c1-16-10(15)6-2-8(11)9(12-3-6)13-4-7(14)5-13/h2-3H,4-5H2,1H3. The van der Waals surface area contributed by atoms with Gasteiger partial charge >= 0.3 is 5.97 Å². The van der Waals surface area contributed by atoms with Crippen molar-refractivity contribution in [2.45, 2.75) is 0 Å². The Hall–Kier alpha value is -1.98. The molecule has 0 N–H and O–H groups in total. The monoisotopic (exact) mass is 224 g/mol. The van der Waals surface area contributed by atoms with Gasteiger partial charge in [0.2, 0.25) is 0 Å². The first kappa shape index (κ1) is 10.5. The van der Waals surface area contributed by atoms with E-state index in [4.69, 9.17) is 0 Å². The molecule has 0 atom stereocenters. The molecule has 1 saturated heterocycles. The smallest absolute Gasteiger partial charge is 0.339 e. The third-order valence-electron chi connectivity index (χ3n) is 2.28. The van der Waals surface area contributed by atoms with Crippen molar-refractivity contribution in [3.05, 3.63) is 23.6 Å². The second-order valence-corrected chi connectivity index (χ2v) is 3.42. The van der Waals surface area contributed by atoms with E-state index in [2.05, 4.69) is 9.72 Å². The lowest BCUT2D eigenvalue weighted by Crippen LogP contribution is -2.48. The van der Waals surface area contributed by atoms with Gasteiger partial charge in [-0.1, -0.05) is 0 Å². The Labute approximate surface area is 90.8 Å². The van der Waals surface area contributed by atoms with Crippen LogP contribution in [-0.4, -0.2) is 36.9 Å². The minimum Gasteiger partial charge on any atom is -0.465 e. The van der Waals surface area contributed by atoms with E-state index in [1.807, 2.05) is 0 Å². The van der Waals surface area contributed by atoms with E-state index in [-0.39, 0.29) is 30.3 Å². The molecule has 2 rings (SSSR count). The van der Waals surface area contributed by atoms with Gasteiger partial charge in [0.1, 0.15) is 0 Å². The lowest BCUT2D eigenvalue weighted by Gasteiger charge is -2.30. The van der Waals surface area contributed by atoms with Gasteiger partial charge in [0.15, 0.2) is 17.4 Å². The number of esters is 1. The molecule has 1 aliphatic heterocycles. The Balaban J connectivity index is 2.23. The molecule has 16 heavy (non-hydrogen) atoms. The van der Waals surface area contributed by atoms with Gasteiger partial charge in [-0.25, -0.2) is 14.2 Å². The lowest BCUT2D eigenvalue weighted by molar-refractivity contribution is -0.119. The molecule has 0 aromatic carbocycles. The number of nitrogens with zero attached hydrogens (tertiary/aromatic N) is 2. The van der Waals surface area contributed by atoms with Crippen molar-refractivity contribution >= 4 is 17.6 Å². The molecule has 2 heterocycles. The van der Waals surface area contributed by atoms with Crippen molar-refractivity contribution in [1.29, 1.82) is 0 Å². The van der Waals surface area contributed by atoms with Gasteiger partial charge in [0, 0.05) is 6.20 Å². The fourth-order valence-electron chi connectivity index (χ4n) is 1.42. The first-order valence-electron chi connectivity index (χ1n) is 4.62. The zero-order chi connectivity index (χ0) is 11.7. The SMILES string of the molecule is COC(=O)c1cnc(N2CC(=O)C2)c(F)c1. The number of ether oxygens (including phenoxy) is 1. The molecule has 0 spiro atoms. The fourth-order valence-corrected chi connectivity index (χ4v) is 1.42. The molecule has 1 aromatic rings.